The minimum absolute atomic E-state index is 0.724. The van der Waals surface area contributed by atoms with Crippen LogP contribution in [0.2, 0.25) is 0 Å². The van der Waals surface area contributed by atoms with Crippen molar-refractivity contribution in [3.63, 3.8) is 0 Å². The standard InChI is InChI=1S/C13H26N2O/c1-11(2)13(12-4-3-9-16-10-12)15-7-5-14-6-8-15/h11-14H,3-10H2,1-2H3. The van der Waals surface area contributed by atoms with Crippen LogP contribution in [0.4, 0.5) is 0 Å². The van der Waals surface area contributed by atoms with Gasteiger partial charge in [0.1, 0.15) is 0 Å². The van der Waals surface area contributed by atoms with E-state index in [0.29, 0.717) is 0 Å². The first-order valence-electron chi connectivity index (χ1n) is 6.81. The minimum Gasteiger partial charge on any atom is -0.381 e. The van der Waals surface area contributed by atoms with E-state index in [1.807, 2.05) is 0 Å². The van der Waals surface area contributed by atoms with E-state index in [-0.39, 0.29) is 0 Å². The highest BCUT2D eigenvalue weighted by atomic mass is 16.5. The van der Waals surface area contributed by atoms with Gasteiger partial charge in [-0.25, -0.2) is 0 Å². The summed E-state index contributed by atoms with van der Waals surface area (Å²) in [7, 11) is 0. The van der Waals surface area contributed by atoms with Crippen molar-refractivity contribution < 1.29 is 4.74 Å². The first kappa shape index (κ1) is 12.3. The highest BCUT2D eigenvalue weighted by Gasteiger charge is 2.31. The second-order valence-electron chi connectivity index (χ2n) is 5.50. The van der Waals surface area contributed by atoms with Gasteiger partial charge in [0.15, 0.2) is 0 Å². The lowest BCUT2D eigenvalue weighted by Gasteiger charge is -2.43. The highest BCUT2D eigenvalue weighted by Crippen LogP contribution is 2.26. The zero-order valence-electron chi connectivity index (χ0n) is 10.7. The van der Waals surface area contributed by atoms with Crippen molar-refractivity contribution >= 4 is 0 Å². The number of piperazine rings is 1. The zero-order valence-corrected chi connectivity index (χ0v) is 10.7. The summed E-state index contributed by atoms with van der Waals surface area (Å²) >= 11 is 0. The Morgan fingerprint density at radius 1 is 1.25 bits per heavy atom. The van der Waals surface area contributed by atoms with Crippen molar-refractivity contribution in [1.29, 1.82) is 0 Å². The maximum absolute atomic E-state index is 5.66. The average Bonchev–Trinajstić information content (AvgIpc) is 2.31. The molecule has 2 rings (SSSR count). The molecular weight excluding hydrogens is 200 g/mol. The van der Waals surface area contributed by atoms with Crippen LogP contribution in [0.25, 0.3) is 0 Å². The molecule has 0 aromatic heterocycles. The number of nitrogens with zero attached hydrogens (tertiary/aromatic N) is 1. The van der Waals surface area contributed by atoms with Gasteiger partial charge in [-0.15, -0.1) is 0 Å². The van der Waals surface area contributed by atoms with Crippen molar-refractivity contribution in [3.05, 3.63) is 0 Å². The Balaban J connectivity index is 1.96. The van der Waals surface area contributed by atoms with Gasteiger partial charge in [0.2, 0.25) is 0 Å². The fraction of sp³-hybridized carbons (Fsp3) is 1.00. The van der Waals surface area contributed by atoms with Crippen LogP contribution in [-0.2, 0) is 4.74 Å². The molecule has 3 heteroatoms. The molecule has 3 nitrogen and oxygen atoms in total. The summed E-state index contributed by atoms with van der Waals surface area (Å²) in [6.07, 6.45) is 2.60. The topological polar surface area (TPSA) is 24.5 Å². The molecule has 0 aromatic rings. The third-order valence-corrected chi connectivity index (χ3v) is 3.93. The summed E-state index contributed by atoms with van der Waals surface area (Å²) in [6.45, 7) is 11.4. The third-order valence-electron chi connectivity index (χ3n) is 3.93. The molecule has 2 fully saturated rings. The molecule has 2 saturated heterocycles. The molecule has 16 heavy (non-hydrogen) atoms. The van der Waals surface area contributed by atoms with Crippen molar-refractivity contribution in [2.24, 2.45) is 11.8 Å². The molecule has 0 saturated carbocycles. The Labute approximate surface area is 99.5 Å². The van der Waals surface area contributed by atoms with Crippen molar-refractivity contribution in [3.8, 4) is 0 Å². The van der Waals surface area contributed by atoms with Crippen LogP contribution in [0.1, 0.15) is 26.7 Å². The molecule has 2 aliphatic rings. The van der Waals surface area contributed by atoms with E-state index < -0.39 is 0 Å². The van der Waals surface area contributed by atoms with Crippen LogP contribution < -0.4 is 5.32 Å². The van der Waals surface area contributed by atoms with Gasteiger partial charge in [-0.3, -0.25) is 4.90 Å². The van der Waals surface area contributed by atoms with Crippen molar-refractivity contribution in [2.45, 2.75) is 32.7 Å². The molecule has 0 bridgehead atoms. The predicted molar refractivity (Wildman–Crippen MR) is 66.6 cm³/mol. The Bertz CT molecular complexity index is 178. The molecular formula is C13H26N2O. The average molecular weight is 226 g/mol. The SMILES string of the molecule is CC(C)C(C1CCCOC1)N1CCNCC1. The number of rotatable bonds is 3. The molecule has 2 atom stereocenters. The molecule has 2 aliphatic heterocycles. The molecule has 0 radical (unpaired) electrons. The summed E-state index contributed by atoms with van der Waals surface area (Å²) in [5.41, 5.74) is 0. The lowest BCUT2D eigenvalue weighted by atomic mass is 9.85. The van der Waals surface area contributed by atoms with Gasteiger partial charge in [-0.2, -0.15) is 0 Å². The number of hydrogen-bond donors (Lipinski definition) is 1. The lowest BCUT2D eigenvalue weighted by Crippen LogP contribution is -2.54. The molecule has 0 aromatic carbocycles. The van der Waals surface area contributed by atoms with E-state index in [4.69, 9.17) is 4.74 Å². The van der Waals surface area contributed by atoms with E-state index in [0.717, 1.165) is 44.2 Å². The van der Waals surface area contributed by atoms with E-state index in [1.165, 1.54) is 25.9 Å². The Kier molecular flexibility index (Phi) is 4.62. The van der Waals surface area contributed by atoms with Crippen LogP contribution in [0.5, 0.6) is 0 Å². The second kappa shape index (κ2) is 5.99. The maximum atomic E-state index is 5.66. The van der Waals surface area contributed by atoms with Crippen molar-refractivity contribution in [2.75, 3.05) is 39.4 Å². The molecule has 2 unspecified atom stereocenters. The van der Waals surface area contributed by atoms with Gasteiger partial charge < -0.3 is 10.1 Å². The van der Waals surface area contributed by atoms with Gasteiger partial charge in [0.25, 0.3) is 0 Å². The fourth-order valence-corrected chi connectivity index (χ4v) is 3.28. The van der Waals surface area contributed by atoms with Gasteiger partial charge in [0.05, 0.1) is 6.61 Å². The quantitative estimate of drug-likeness (QED) is 0.786. The summed E-state index contributed by atoms with van der Waals surface area (Å²) in [5, 5.41) is 3.44. The third kappa shape index (κ3) is 2.96. The van der Waals surface area contributed by atoms with Crippen molar-refractivity contribution in [1.82, 2.24) is 10.2 Å². The maximum Gasteiger partial charge on any atom is 0.0509 e. The Morgan fingerprint density at radius 3 is 2.56 bits per heavy atom. The first-order valence-corrected chi connectivity index (χ1v) is 6.81. The van der Waals surface area contributed by atoms with Crippen LogP contribution in [0, 0.1) is 11.8 Å². The number of nitrogens with one attached hydrogen (secondary N) is 1. The van der Waals surface area contributed by atoms with Gasteiger partial charge in [-0.1, -0.05) is 13.8 Å². The van der Waals surface area contributed by atoms with E-state index >= 15 is 0 Å². The predicted octanol–water partition coefficient (Wildman–Crippen LogP) is 1.34. The normalized spacial score (nSPS) is 30.6. The summed E-state index contributed by atoms with van der Waals surface area (Å²) in [5.74, 6) is 1.50. The smallest absolute Gasteiger partial charge is 0.0509 e. The summed E-state index contributed by atoms with van der Waals surface area (Å²) in [4.78, 5) is 2.68. The Morgan fingerprint density at radius 2 is 2.00 bits per heavy atom. The molecule has 0 amide bonds. The van der Waals surface area contributed by atoms with Gasteiger partial charge >= 0.3 is 0 Å². The zero-order chi connectivity index (χ0) is 11.4. The van der Waals surface area contributed by atoms with Crippen LogP contribution in [0.3, 0.4) is 0 Å². The largest absolute Gasteiger partial charge is 0.381 e. The summed E-state index contributed by atoms with van der Waals surface area (Å²) < 4.78 is 5.66. The number of hydrogen-bond acceptors (Lipinski definition) is 3. The van der Waals surface area contributed by atoms with E-state index in [2.05, 4.69) is 24.1 Å². The molecule has 94 valence electrons. The van der Waals surface area contributed by atoms with Crippen LogP contribution in [-0.4, -0.2) is 50.3 Å². The van der Waals surface area contributed by atoms with E-state index in [9.17, 15) is 0 Å². The van der Waals surface area contributed by atoms with Gasteiger partial charge in [-0.05, 0) is 24.7 Å². The molecule has 0 aliphatic carbocycles. The minimum atomic E-state index is 0.724. The van der Waals surface area contributed by atoms with Gasteiger partial charge in [0, 0.05) is 38.8 Å². The highest BCUT2D eigenvalue weighted by molar-refractivity contribution is 4.85. The summed E-state index contributed by atoms with van der Waals surface area (Å²) in [6, 6.07) is 0.724. The van der Waals surface area contributed by atoms with Crippen LogP contribution in [0.15, 0.2) is 0 Å². The molecule has 0 spiro atoms. The second-order valence-corrected chi connectivity index (χ2v) is 5.50. The monoisotopic (exact) mass is 226 g/mol. The lowest BCUT2D eigenvalue weighted by molar-refractivity contribution is -0.00869. The molecule has 1 N–H and O–H groups in total. The fourth-order valence-electron chi connectivity index (χ4n) is 3.28. The first-order chi connectivity index (χ1) is 7.79. The Hall–Kier alpha value is -0.120. The molecule has 2 heterocycles. The van der Waals surface area contributed by atoms with Crippen LogP contribution >= 0.6 is 0 Å². The van der Waals surface area contributed by atoms with E-state index in [1.54, 1.807) is 0 Å². The number of ether oxygens (including phenoxy) is 1.